The van der Waals surface area contributed by atoms with Crippen LogP contribution >= 0.6 is 15.9 Å². The largest absolute Gasteiger partial charge is 0.493 e. The van der Waals surface area contributed by atoms with Gasteiger partial charge in [-0.25, -0.2) is 9.69 Å². The fourth-order valence-corrected chi connectivity index (χ4v) is 5.18. The number of nitrogens with zero attached hydrogens (tertiary/aromatic N) is 1. The monoisotopic (exact) mass is 683 g/mol. The first-order chi connectivity index (χ1) is 22.1. The first kappa shape index (κ1) is 32.0. The minimum absolute atomic E-state index is 0.253. The summed E-state index contributed by atoms with van der Waals surface area (Å²) in [6.45, 7) is 4.01. The summed E-state index contributed by atoms with van der Waals surface area (Å²) >= 11 is 3.43. The molecule has 0 unspecified atom stereocenters. The van der Waals surface area contributed by atoms with Crippen LogP contribution in [-0.2, 0) is 21.0 Å². The van der Waals surface area contributed by atoms with Gasteiger partial charge < -0.3 is 19.5 Å². The third-order valence-electron chi connectivity index (χ3n) is 7.15. The maximum atomic E-state index is 13.5. The van der Waals surface area contributed by atoms with E-state index in [-0.39, 0.29) is 35.3 Å². The van der Waals surface area contributed by atoms with Crippen molar-refractivity contribution in [3.05, 3.63) is 117 Å². The first-order valence-corrected chi connectivity index (χ1v) is 15.0. The number of hydrogen-bond acceptors (Lipinski definition) is 7. The van der Waals surface area contributed by atoms with E-state index in [0.717, 1.165) is 21.6 Å². The number of benzene rings is 4. The van der Waals surface area contributed by atoms with E-state index in [9.17, 15) is 19.2 Å². The lowest BCUT2D eigenvalue weighted by Crippen LogP contribution is -2.54. The molecule has 1 aliphatic rings. The topological polar surface area (TPSA) is 123 Å². The maximum absolute atomic E-state index is 13.5. The fourth-order valence-electron chi connectivity index (χ4n) is 4.61. The Morgan fingerprint density at radius 3 is 2.35 bits per heavy atom. The predicted molar refractivity (Wildman–Crippen MR) is 177 cm³/mol. The van der Waals surface area contributed by atoms with Crippen LogP contribution < -0.4 is 29.7 Å². The number of nitrogens with one attached hydrogen (secondary N) is 2. The molecule has 1 heterocycles. The number of imide groups is 2. The normalized spacial score (nSPS) is 13.8. The molecule has 0 saturated carbocycles. The molecule has 4 aromatic rings. The Kier molecular flexibility index (Phi) is 9.82. The second kappa shape index (κ2) is 14.1. The van der Waals surface area contributed by atoms with Crippen molar-refractivity contribution in [2.24, 2.45) is 0 Å². The molecule has 4 aromatic carbocycles. The molecule has 0 aromatic heterocycles. The van der Waals surface area contributed by atoms with Gasteiger partial charge in [0, 0.05) is 5.69 Å². The van der Waals surface area contributed by atoms with E-state index in [2.05, 4.69) is 26.6 Å². The summed E-state index contributed by atoms with van der Waals surface area (Å²) in [6.07, 6.45) is 1.35. The predicted octanol–water partition coefficient (Wildman–Crippen LogP) is 6.34. The number of anilines is 2. The molecule has 10 nitrogen and oxygen atoms in total. The number of amides is 5. The molecule has 5 amide bonds. The molecule has 0 spiro atoms. The van der Waals surface area contributed by atoms with Gasteiger partial charge >= 0.3 is 6.03 Å². The van der Waals surface area contributed by atoms with Gasteiger partial charge in [-0.3, -0.25) is 19.7 Å². The molecular formula is C35H30BrN3O7. The van der Waals surface area contributed by atoms with Crippen LogP contribution in [0.1, 0.15) is 22.3 Å². The number of methoxy groups -OCH3 is 1. The van der Waals surface area contributed by atoms with E-state index < -0.39 is 17.8 Å². The van der Waals surface area contributed by atoms with Crippen molar-refractivity contribution in [1.29, 1.82) is 0 Å². The zero-order valence-corrected chi connectivity index (χ0v) is 26.8. The Morgan fingerprint density at radius 1 is 0.913 bits per heavy atom. The summed E-state index contributed by atoms with van der Waals surface area (Å²) in [5.41, 5.74) is 4.21. The molecule has 1 saturated heterocycles. The number of carbonyl (C=O) groups excluding carboxylic acids is 4. The molecule has 0 bridgehead atoms. The molecule has 11 heteroatoms. The van der Waals surface area contributed by atoms with Gasteiger partial charge in [0.15, 0.2) is 18.1 Å². The number of hydrogen-bond donors (Lipinski definition) is 2. The van der Waals surface area contributed by atoms with Gasteiger partial charge in [0.05, 0.1) is 17.3 Å². The maximum Gasteiger partial charge on any atom is 0.335 e. The molecule has 46 heavy (non-hydrogen) atoms. The smallest absolute Gasteiger partial charge is 0.335 e. The van der Waals surface area contributed by atoms with Crippen LogP contribution in [0.3, 0.4) is 0 Å². The Bertz CT molecular complexity index is 1840. The zero-order valence-electron chi connectivity index (χ0n) is 25.3. The van der Waals surface area contributed by atoms with E-state index in [4.69, 9.17) is 14.2 Å². The lowest BCUT2D eigenvalue weighted by atomic mass is 10.1. The van der Waals surface area contributed by atoms with Crippen molar-refractivity contribution in [2.75, 3.05) is 23.9 Å². The van der Waals surface area contributed by atoms with Gasteiger partial charge in [0.2, 0.25) is 0 Å². The number of barbiturate groups is 1. The van der Waals surface area contributed by atoms with Crippen LogP contribution in [-0.4, -0.2) is 37.5 Å². The molecule has 1 aliphatic heterocycles. The Hall–Kier alpha value is -5.42. The van der Waals surface area contributed by atoms with Crippen LogP contribution in [0.5, 0.6) is 17.2 Å². The Labute approximate surface area is 274 Å². The van der Waals surface area contributed by atoms with Crippen LogP contribution in [0.25, 0.3) is 6.08 Å². The highest BCUT2D eigenvalue weighted by Crippen LogP contribution is 2.37. The number of carbonyl (C=O) groups is 4. The van der Waals surface area contributed by atoms with Crippen molar-refractivity contribution >= 4 is 57.1 Å². The molecule has 0 atom stereocenters. The summed E-state index contributed by atoms with van der Waals surface area (Å²) in [5, 5.41) is 5.02. The van der Waals surface area contributed by atoms with Crippen LogP contribution in [0, 0.1) is 13.8 Å². The summed E-state index contributed by atoms with van der Waals surface area (Å²) in [4.78, 5) is 52.4. The average Bonchev–Trinajstić information content (AvgIpc) is 3.04. The second-order valence-electron chi connectivity index (χ2n) is 10.4. The molecule has 0 radical (unpaired) electrons. The molecule has 2 N–H and O–H groups in total. The third-order valence-corrected chi connectivity index (χ3v) is 7.74. The summed E-state index contributed by atoms with van der Waals surface area (Å²) in [5.74, 6) is -0.953. The van der Waals surface area contributed by atoms with Crippen LogP contribution in [0.2, 0.25) is 0 Å². The van der Waals surface area contributed by atoms with E-state index in [1.807, 2.05) is 62.4 Å². The highest BCUT2D eigenvalue weighted by molar-refractivity contribution is 9.10. The van der Waals surface area contributed by atoms with Gasteiger partial charge in [-0.1, -0.05) is 36.4 Å². The number of rotatable bonds is 10. The summed E-state index contributed by atoms with van der Waals surface area (Å²) in [6, 6.07) is 23.9. The van der Waals surface area contributed by atoms with Crippen molar-refractivity contribution in [1.82, 2.24) is 5.32 Å². The zero-order chi connectivity index (χ0) is 32.8. The van der Waals surface area contributed by atoms with Crippen molar-refractivity contribution < 1.29 is 33.4 Å². The molecule has 234 valence electrons. The van der Waals surface area contributed by atoms with Gasteiger partial charge in [0.25, 0.3) is 17.7 Å². The fraction of sp³-hybridized carbons (Fsp3) is 0.143. The minimum atomic E-state index is -0.869. The number of aryl methyl sites for hydroxylation is 2. The van der Waals surface area contributed by atoms with E-state index in [0.29, 0.717) is 28.1 Å². The van der Waals surface area contributed by atoms with E-state index in [1.54, 1.807) is 36.4 Å². The Morgan fingerprint density at radius 2 is 1.65 bits per heavy atom. The standard InChI is InChI=1S/C35H30BrN3O7/c1-21-9-10-25(15-22(21)2)37-31(40)20-46-32-29(36)17-24(18-30(32)44-3)16-28-33(41)38-35(43)39(34(28)42)26-11-13-27(14-12-26)45-19-23-7-5-4-6-8-23/h4-18H,19-20H2,1-3H3,(H,37,40)(H,38,41,43)/b28-16-. The second-order valence-corrected chi connectivity index (χ2v) is 11.3. The Balaban J connectivity index is 1.30. The average molecular weight is 685 g/mol. The summed E-state index contributed by atoms with van der Waals surface area (Å²) in [7, 11) is 1.42. The summed E-state index contributed by atoms with van der Waals surface area (Å²) < 4.78 is 17.5. The number of urea groups is 1. The van der Waals surface area contributed by atoms with Gasteiger partial charge in [-0.15, -0.1) is 0 Å². The first-order valence-electron chi connectivity index (χ1n) is 14.2. The minimum Gasteiger partial charge on any atom is -0.493 e. The molecule has 5 rings (SSSR count). The number of ether oxygens (including phenoxy) is 3. The molecular weight excluding hydrogens is 654 g/mol. The molecule has 0 aliphatic carbocycles. The lowest BCUT2D eigenvalue weighted by Gasteiger charge is -2.26. The highest BCUT2D eigenvalue weighted by Gasteiger charge is 2.37. The van der Waals surface area contributed by atoms with Gasteiger partial charge in [-0.2, -0.15) is 0 Å². The van der Waals surface area contributed by atoms with Crippen molar-refractivity contribution in [3.63, 3.8) is 0 Å². The highest BCUT2D eigenvalue weighted by atomic mass is 79.9. The quantitative estimate of drug-likeness (QED) is 0.148. The SMILES string of the molecule is COc1cc(/C=C2/C(=O)NC(=O)N(c3ccc(OCc4ccccc4)cc3)C2=O)cc(Br)c1OCC(=O)Nc1ccc(C)c(C)c1. The van der Waals surface area contributed by atoms with Crippen molar-refractivity contribution in [3.8, 4) is 17.2 Å². The van der Waals surface area contributed by atoms with Crippen LogP contribution in [0.4, 0.5) is 16.2 Å². The van der Waals surface area contributed by atoms with Crippen molar-refractivity contribution in [2.45, 2.75) is 20.5 Å². The lowest BCUT2D eigenvalue weighted by molar-refractivity contribution is -0.122. The van der Waals surface area contributed by atoms with Crippen LogP contribution in [0.15, 0.2) is 95.0 Å². The third kappa shape index (κ3) is 7.44. The van der Waals surface area contributed by atoms with Gasteiger partial charge in [0.1, 0.15) is 17.9 Å². The molecule has 1 fully saturated rings. The van der Waals surface area contributed by atoms with Gasteiger partial charge in [-0.05, 0) is 107 Å². The van der Waals surface area contributed by atoms with E-state index >= 15 is 0 Å². The van der Waals surface area contributed by atoms with E-state index in [1.165, 1.54) is 13.2 Å². The number of halogens is 1.